The lowest BCUT2D eigenvalue weighted by atomic mass is 10.1. The number of hydrogen-bond donors (Lipinski definition) is 1. The zero-order valence-electron chi connectivity index (χ0n) is 14.4. The standard InChI is InChI=1S/C19H18N2O4S/c1-13-8-16(26-12-20)6-7-17(13)21-18(22)11-25-19(23)10-14-4-3-5-15(9-14)24-2/h3-9H,10-11H2,1-2H3,(H,21,22). The Labute approximate surface area is 156 Å². The highest BCUT2D eigenvalue weighted by atomic mass is 32.2. The third-order valence-electron chi connectivity index (χ3n) is 3.48. The zero-order chi connectivity index (χ0) is 18.9. The molecular formula is C19H18N2O4S. The number of thiocyanates is 1. The van der Waals surface area contributed by atoms with E-state index in [1.165, 1.54) is 0 Å². The molecule has 0 fully saturated rings. The molecule has 0 heterocycles. The Morgan fingerprint density at radius 1 is 1.23 bits per heavy atom. The van der Waals surface area contributed by atoms with Gasteiger partial charge in [-0.15, -0.1) is 0 Å². The number of nitriles is 1. The molecule has 0 spiro atoms. The van der Waals surface area contributed by atoms with Crippen LogP contribution in [0.4, 0.5) is 5.69 Å². The van der Waals surface area contributed by atoms with Crippen LogP contribution in [0.5, 0.6) is 5.75 Å². The number of anilines is 1. The van der Waals surface area contributed by atoms with Crippen LogP contribution in [0, 0.1) is 17.6 Å². The van der Waals surface area contributed by atoms with Crippen molar-refractivity contribution in [1.29, 1.82) is 5.26 Å². The van der Waals surface area contributed by atoms with Crippen LogP contribution < -0.4 is 10.1 Å². The van der Waals surface area contributed by atoms with E-state index >= 15 is 0 Å². The second-order valence-corrected chi connectivity index (χ2v) is 6.27. The highest BCUT2D eigenvalue weighted by Gasteiger charge is 2.11. The molecule has 2 rings (SSSR count). The van der Waals surface area contributed by atoms with Gasteiger partial charge in [0, 0.05) is 10.6 Å². The third-order valence-corrected chi connectivity index (χ3v) is 4.06. The Morgan fingerprint density at radius 2 is 2.04 bits per heavy atom. The molecule has 26 heavy (non-hydrogen) atoms. The first kappa shape index (κ1) is 19.3. The molecular weight excluding hydrogens is 352 g/mol. The van der Waals surface area contributed by atoms with Crippen LogP contribution in [-0.4, -0.2) is 25.6 Å². The number of hydrogen-bond acceptors (Lipinski definition) is 6. The van der Waals surface area contributed by atoms with Crippen molar-refractivity contribution < 1.29 is 19.1 Å². The summed E-state index contributed by atoms with van der Waals surface area (Å²) in [6, 6.07) is 12.4. The number of esters is 1. The number of benzene rings is 2. The first-order valence-corrected chi connectivity index (χ1v) is 8.58. The van der Waals surface area contributed by atoms with Gasteiger partial charge in [0.1, 0.15) is 11.2 Å². The van der Waals surface area contributed by atoms with Gasteiger partial charge in [0.15, 0.2) is 6.61 Å². The molecule has 7 heteroatoms. The van der Waals surface area contributed by atoms with Crippen LogP contribution >= 0.6 is 11.8 Å². The summed E-state index contributed by atoms with van der Waals surface area (Å²) in [7, 11) is 1.55. The predicted molar refractivity (Wildman–Crippen MR) is 98.9 cm³/mol. The summed E-state index contributed by atoms with van der Waals surface area (Å²) in [5.74, 6) is -0.264. The number of rotatable bonds is 7. The Kier molecular flexibility index (Phi) is 7.06. The molecule has 0 bridgehead atoms. The van der Waals surface area contributed by atoms with Gasteiger partial charge in [-0.2, -0.15) is 5.26 Å². The van der Waals surface area contributed by atoms with E-state index in [-0.39, 0.29) is 13.0 Å². The van der Waals surface area contributed by atoms with E-state index in [0.29, 0.717) is 11.4 Å². The van der Waals surface area contributed by atoms with Crippen molar-refractivity contribution in [2.45, 2.75) is 18.2 Å². The van der Waals surface area contributed by atoms with Crippen molar-refractivity contribution in [3.05, 3.63) is 53.6 Å². The molecule has 6 nitrogen and oxygen atoms in total. The minimum Gasteiger partial charge on any atom is -0.497 e. The fourth-order valence-corrected chi connectivity index (χ4v) is 2.70. The van der Waals surface area contributed by atoms with E-state index in [1.807, 2.05) is 12.3 Å². The molecule has 0 unspecified atom stereocenters. The summed E-state index contributed by atoms with van der Waals surface area (Å²) in [5.41, 5.74) is 2.18. The molecule has 0 saturated carbocycles. The molecule has 0 atom stereocenters. The van der Waals surface area contributed by atoms with Gasteiger partial charge in [0.05, 0.1) is 13.5 Å². The molecule has 0 radical (unpaired) electrons. The Morgan fingerprint density at radius 3 is 2.73 bits per heavy atom. The van der Waals surface area contributed by atoms with Gasteiger partial charge in [0.25, 0.3) is 5.91 Å². The summed E-state index contributed by atoms with van der Waals surface area (Å²) >= 11 is 1.05. The third kappa shape index (κ3) is 5.83. The lowest BCUT2D eigenvalue weighted by molar-refractivity contribution is -0.146. The van der Waals surface area contributed by atoms with Crippen molar-refractivity contribution in [2.24, 2.45) is 0 Å². The highest BCUT2D eigenvalue weighted by Crippen LogP contribution is 2.23. The number of nitrogens with one attached hydrogen (secondary N) is 1. The van der Waals surface area contributed by atoms with E-state index in [2.05, 4.69) is 5.32 Å². The molecule has 2 aromatic carbocycles. The van der Waals surface area contributed by atoms with Gasteiger partial charge in [0.2, 0.25) is 0 Å². The van der Waals surface area contributed by atoms with Crippen LogP contribution in [0.1, 0.15) is 11.1 Å². The fraction of sp³-hybridized carbons (Fsp3) is 0.211. The molecule has 0 aliphatic rings. The first-order chi connectivity index (χ1) is 12.5. The molecule has 0 aliphatic heterocycles. The SMILES string of the molecule is COc1cccc(CC(=O)OCC(=O)Nc2ccc(SC#N)cc2C)c1. The van der Waals surface area contributed by atoms with E-state index in [0.717, 1.165) is 27.8 Å². The summed E-state index contributed by atoms with van der Waals surface area (Å²) < 4.78 is 10.1. The van der Waals surface area contributed by atoms with E-state index in [4.69, 9.17) is 14.7 Å². The van der Waals surface area contributed by atoms with Crippen molar-refractivity contribution >= 4 is 29.3 Å². The van der Waals surface area contributed by atoms with Crippen LogP contribution in [0.25, 0.3) is 0 Å². The number of carbonyl (C=O) groups excluding carboxylic acids is 2. The van der Waals surface area contributed by atoms with Gasteiger partial charge in [-0.05, 0) is 60.1 Å². The number of aryl methyl sites for hydroxylation is 1. The second kappa shape index (κ2) is 9.49. The number of amides is 1. The summed E-state index contributed by atoms with van der Waals surface area (Å²) in [5, 5.41) is 13.4. The van der Waals surface area contributed by atoms with Gasteiger partial charge in [-0.25, -0.2) is 0 Å². The Balaban J connectivity index is 1.84. The highest BCUT2D eigenvalue weighted by molar-refractivity contribution is 8.03. The van der Waals surface area contributed by atoms with Crippen LogP contribution in [0.3, 0.4) is 0 Å². The normalized spacial score (nSPS) is 9.88. The Hall–Kier alpha value is -2.98. The van der Waals surface area contributed by atoms with Gasteiger partial charge < -0.3 is 14.8 Å². The smallest absolute Gasteiger partial charge is 0.310 e. The number of carbonyl (C=O) groups is 2. The summed E-state index contributed by atoms with van der Waals surface area (Å²) in [6.45, 7) is 1.46. The minimum atomic E-state index is -0.495. The molecule has 1 N–H and O–H groups in total. The first-order valence-electron chi connectivity index (χ1n) is 7.77. The fourth-order valence-electron chi connectivity index (χ4n) is 2.23. The van der Waals surface area contributed by atoms with Gasteiger partial charge >= 0.3 is 5.97 Å². The van der Waals surface area contributed by atoms with Crippen molar-refractivity contribution in [3.63, 3.8) is 0 Å². The van der Waals surface area contributed by atoms with E-state index in [9.17, 15) is 9.59 Å². The topological polar surface area (TPSA) is 88.4 Å². The van der Waals surface area contributed by atoms with Crippen molar-refractivity contribution in [1.82, 2.24) is 0 Å². The molecule has 0 aliphatic carbocycles. The molecule has 134 valence electrons. The number of ether oxygens (including phenoxy) is 2. The van der Waals surface area contributed by atoms with Crippen LogP contribution in [0.2, 0.25) is 0 Å². The van der Waals surface area contributed by atoms with E-state index in [1.54, 1.807) is 49.6 Å². The van der Waals surface area contributed by atoms with Gasteiger partial charge in [-0.1, -0.05) is 12.1 Å². The number of methoxy groups -OCH3 is 1. The minimum absolute atomic E-state index is 0.0591. The number of nitrogens with zero attached hydrogens (tertiary/aromatic N) is 1. The lowest BCUT2D eigenvalue weighted by Gasteiger charge is -2.10. The van der Waals surface area contributed by atoms with Crippen molar-refractivity contribution in [2.75, 3.05) is 19.0 Å². The zero-order valence-corrected chi connectivity index (χ0v) is 15.3. The van der Waals surface area contributed by atoms with Gasteiger partial charge in [-0.3, -0.25) is 9.59 Å². The second-order valence-electron chi connectivity index (χ2n) is 5.41. The average Bonchev–Trinajstić information content (AvgIpc) is 2.63. The maximum atomic E-state index is 12.0. The largest absolute Gasteiger partial charge is 0.497 e. The monoisotopic (exact) mass is 370 g/mol. The van der Waals surface area contributed by atoms with Crippen molar-refractivity contribution in [3.8, 4) is 11.2 Å². The van der Waals surface area contributed by atoms with Crippen LogP contribution in [-0.2, 0) is 20.7 Å². The summed E-state index contributed by atoms with van der Waals surface area (Å²) in [6.07, 6.45) is 0.0591. The number of thioether (sulfide) groups is 1. The maximum Gasteiger partial charge on any atom is 0.310 e. The van der Waals surface area contributed by atoms with E-state index < -0.39 is 11.9 Å². The molecule has 0 aromatic heterocycles. The maximum absolute atomic E-state index is 12.0. The molecule has 1 amide bonds. The molecule has 2 aromatic rings. The lowest BCUT2D eigenvalue weighted by Crippen LogP contribution is -2.22. The quantitative estimate of drug-likeness (QED) is 0.457. The average molecular weight is 370 g/mol. The Bertz CT molecular complexity index is 846. The van der Waals surface area contributed by atoms with Crippen LogP contribution in [0.15, 0.2) is 47.4 Å². The molecule has 0 saturated heterocycles. The summed E-state index contributed by atoms with van der Waals surface area (Å²) in [4.78, 5) is 24.6. The predicted octanol–water partition coefficient (Wildman–Crippen LogP) is 3.30.